The Morgan fingerprint density at radius 1 is 1.00 bits per heavy atom. The van der Waals surface area contributed by atoms with Crippen LogP contribution >= 0.6 is 23.2 Å². The molecule has 4 rings (SSSR count). The average Bonchev–Trinajstić information content (AvgIpc) is 2.84. The molecule has 0 aliphatic heterocycles. The first kappa shape index (κ1) is 12.0. The van der Waals surface area contributed by atoms with Crippen LogP contribution in [0.5, 0.6) is 0 Å². The number of H-pyrrole nitrogens is 1. The minimum Gasteiger partial charge on any atom is -0.348 e. The smallest absolute Gasteiger partial charge is 0.240 e. The van der Waals surface area contributed by atoms with E-state index in [0.717, 1.165) is 37.9 Å². The van der Waals surface area contributed by atoms with E-state index < -0.39 is 0 Å². The summed E-state index contributed by atoms with van der Waals surface area (Å²) in [6.45, 7) is 0. The molecule has 0 radical (unpaired) electrons. The summed E-state index contributed by atoms with van der Waals surface area (Å²) in [7, 11) is 2.04. The molecule has 0 amide bonds. The minimum atomic E-state index is 0.711. The summed E-state index contributed by atoms with van der Waals surface area (Å²) in [5.41, 5.74) is 4.17. The first-order valence-corrected chi connectivity index (χ1v) is 7.09. The van der Waals surface area contributed by atoms with Gasteiger partial charge in [0.25, 0.3) is 0 Å². The van der Waals surface area contributed by atoms with E-state index in [9.17, 15) is 0 Å². The largest absolute Gasteiger partial charge is 0.348 e. The van der Waals surface area contributed by atoms with Gasteiger partial charge >= 0.3 is 0 Å². The molecule has 0 fully saturated rings. The van der Waals surface area contributed by atoms with Gasteiger partial charge in [0.15, 0.2) is 0 Å². The predicted octanol–water partition coefficient (Wildman–Crippen LogP) is 4.61. The molecular weight excluding hydrogens is 291 g/mol. The van der Waals surface area contributed by atoms with Gasteiger partial charge in [-0.1, -0.05) is 35.3 Å². The van der Waals surface area contributed by atoms with Crippen molar-refractivity contribution in [1.29, 1.82) is 0 Å². The summed E-state index contributed by atoms with van der Waals surface area (Å²) < 4.78 is 2.14. The molecule has 98 valence electrons. The summed E-state index contributed by atoms with van der Waals surface area (Å²) in [5.74, 6) is 0. The first-order valence-electron chi connectivity index (χ1n) is 6.34. The summed E-state index contributed by atoms with van der Waals surface area (Å²) in [5, 5.41) is 3.61. The third-order valence-electron chi connectivity index (χ3n) is 3.79. The predicted molar refractivity (Wildman–Crippen MR) is 84.5 cm³/mol. The van der Waals surface area contributed by atoms with Crippen LogP contribution < -0.4 is 4.57 Å². The van der Waals surface area contributed by atoms with Crippen molar-refractivity contribution in [3.63, 3.8) is 0 Å². The number of pyridine rings is 1. The van der Waals surface area contributed by atoms with Gasteiger partial charge in [-0.25, -0.2) is 0 Å². The van der Waals surface area contributed by atoms with Crippen LogP contribution in [0.3, 0.4) is 0 Å². The van der Waals surface area contributed by atoms with Crippen LogP contribution in [-0.2, 0) is 7.05 Å². The summed E-state index contributed by atoms with van der Waals surface area (Å²) in [6.07, 6.45) is 0. The molecule has 2 nitrogen and oxygen atoms in total. The molecule has 0 atom stereocenters. The highest BCUT2D eigenvalue weighted by molar-refractivity contribution is 6.40. The second kappa shape index (κ2) is 4.11. The van der Waals surface area contributed by atoms with Crippen LogP contribution in [0.2, 0.25) is 10.0 Å². The number of halogens is 2. The van der Waals surface area contributed by atoms with Crippen LogP contribution in [0.15, 0.2) is 42.5 Å². The van der Waals surface area contributed by atoms with Gasteiger partial charge in [-0.15, -0.1) is 0 Å². The fourth-order valence-electron chi connectivity index (χ4n) is 2.86. The Morgan fingerprint density at radius 3 is 2.65 bits per heavy atom. The fraction of sp³-hybridized carbons (Fsp3) is 0.0625. The maximum Gasteiger partial charge on any atom is 0.240 e. The molecule has 20 heavy (non-hydrogen) atoms. The topological polar surface area (TPSA) is 19.7 Å². The number of fused-ring (bicyclic) bond motifs is 4. The van der Waals surface area contributed by atoms with Crippen molar-refractivity contribution >= 4 is 56.0 Å². The molecule has 0 bridgehead atoms. The zero-order valence-corrected chi connectivity index (χ0v) is 12.3. The molecule has 2 heterocycles. The zero-order valence-electron chi connectivity index (χ0n) is 10.7. The second-order valence-electron chi connectivity index (χ2n) is 4.93. The Hall–Kier alpha value is -1.77. The number of aryl methyl sites for hydroxylation is 1. The summed E-state index contributed by atoms with van der Waals surface area (Å²) >= 11 is 12.7. The molecule has 0 unspecified atom stereocenters. The lowest BCUT2D eigenvalue weighted by Crippen LogP contribution is -2.29. The van der Waals surface area contributed by atoms with Gasteiger partial charge in [0.05, 0.1) is 21.3 Å². The molecule has 1 N–H and O–H groups in total. The van der Waals surface area contributed by atoms with Crippen LogP contribution in [0.1, 0.15) is 0 Å². The SMILES string of the molecule is C[n+]1c2cc(Cl)ccc2c(Cl)c2[nH]c3ccccc3c21. The second-order valence-corrected chi connectivity index (χ2v) is 5.74. The molecule has 0 aliphatic rings. The third kappa shape index (κ3) is 1.49. The van der Waals surface area contributed by atoms with E-state index in [1.165, 1.54) is 0 Å². The molecule has 4 heteroatoms. The Kier molecular flexibility index (Phi) is 2.47. The van der Waals surface area contributed by atoms with E-state index in [-0.39, 0.29) is 0 Å². The third-order valence-corrected chi connectivity index (χ3v) is 4.42. The molecular formula is C16H11Cl2N2+. The van der Waals surface area contributed by atoms with Crippen LogP contribution in [-0.4, -0.2) is 4.98 Å². The van der Waals surface area contributed by atoms with Crippen molar-refractivity contribution in [3.8, 4) is 0 Å². The Bertz CT molecular complexity index is 986. The van der Waals surface area contributed by atoms with Gasteiger partial charge in [-0.2, -0.15) is 4.57 Å². The van der Waals surface area contributed by atoms with Gasteiger partial charge in [0, 0.05) is 11.1 Å². The number of nitrogens with zero attached hydrogens (tertiary/aromatic N) is 1. The van der Waals surface area contributed by atoms with Gasteiger partial charge in [-0.05, 0) is 24.3 Å². The quantitative estimate of drug-likeness (QED) is 0.458. The van der Waals surface area contributed by atoms with E-state index >= 15 is 0 Å². The number of benzene rings is 2. The number of hydrogen-bond acceptors (Lipinski definition) is 0. The van der Waals surface area contributed by atoms with Gasteiger partial charge in [0.1, 0.15) is 12.6 Å². The molecule has 0 aliphatic carbocycles. The fourth-order valence-corrected chi connectivity index (χ4v) is 3.32. The number of aromatic nitrogens is 2. The number of rotatable bonds is 0. The molecule has 0 saturated heterocycles. The van der Waals surface area contributed by atoms with Crippen molar-refractivity contribution in [2.45, 2.75) is 0 Å². The van der Waals surface area contributed by atoms with Crippen molar-refractivity contribution < 1.29 is 4.57 Å². The van der Waals surface area contributed by atoms with Crippen molar-refractivity contribution in [1.82, 2.24) is 4.98 Å². The Balaban J connectivity index is 2.36. The van der Waals surface area contributed by atoms with Crippen LogP contribution in [0.4, 0.5) is 0 Å². The summed E-state index contributed by atoms with van der Waals surface area (Å²) in [6, 6.07) is 14.0. The molecule has 4 aromatic rings. The normalized spacial score (nSPS) is 11.8. The van der Waals surface area contributed by atoms with Crippen LogP contribution in [0.25, 0.3) is 32.8 Å². The first-order chi connectivity index (χ1) is 9.66. The lowest BCUT2D eigenvalue weighted by molar-refractivity contribution is -0.616. The highest BCUT2D eigenvalue weighted by atomic mass is 35.5. The van der Waals surface area contributed by atoms with E-state index in [1.807, 2.05) is 37.4 Å². The van der Waals surface area contributed by atoms with Crippen molar-refractivity contribution in [3.05, 3.63) is 52.5 Å². The molecule has 0 saturated carbocycles. The van der Waals surface area contributed by atoms with Gasteiger partial charge in [0.2, 0.25) is 11.0 Å². The van der Waals surface area contributed by atoms with Gasteiger partial charge < -0.3 is 4.98 Å². The van der Waals surface area contributed by atoms with Crippen molar-refractivity contribution in [2.75, 3.05) is 0 Å². The number of nitrogens with one attached hydrogen (secondary N) is 1. The van der Waals surface area contributed by atoms with E-state index in [4.69, 9.17) is 23.2 Å². The minimum absolute atomic E-state index is 0.711. The Morgan fingerprint density at radius 2 is 1.80 bits per heavy atom. The van der Waals surface area contributed by atoms with E-state index in [0.29, 0.717) is 5.02 Å². The molecule has 2 aromatic heterocycles. The lowest BCUT2D eigenvalue weighted by Gasteiger charge is -2.02. The van der Waals surface area contributed by atoms with Crippen LogP contribution in [0, 0.1) is 0 Å². The molecule has 2 aromatic carbocycles. The number of aromatic amines is 1. The van der Waals surface area contributed by atoms with E-state index in [2.05, 4.69) is 21.7 Å². The molecule has 0 spiro atoms. The van der Waals surface area contributed by atoms with E-state index in [1.54, 1.807) is 0 Å². The number of hydrogen-bond donors (Lipinski definition) is 1. The maximum absolute atomic E-state index is 6.58. The Labute approximate surface area is 125 Å². The highest BCUT2D eigenvalue weighted by Gasteiger charge is 2.21. The lowest BCUT2D eigenvalue weighted by atomic mass is 10.1. The van der Waals surface area contributed by atoms with Gasteiger partial charge in [-0.3, -0.25) is 0 Å². The standard InChI is InChI=1S/C16H10Cl2N2/c1-20-13-8-9(17)6-7-11(13)14(18)15-16(20)10-4-2-3-5-12(10)19-15/h2-8H,1H3/p+1. The maximum atomic E-state index is 6.58. The highest BCUT2D eigenvalue weighted by Crippen LogP contribution is 2.33. The van der Waals surface area contributed by atoms with Crippen molar-refractivity contribution in [2.24, 2.45) is 7.05 Å². The zero-order chi connectivity index (χ0) is 13.9. The summed E-state index contributed by atoms with van der Waals surface area (Å²) in [4.78, 5) is 3.41. The average molecular weight is 302 g/mol. The number of para-hydroxylation sites is 1. The monoisotopic (exact) mass is 301 g/mol.